The Morgan fingerprint density at radius 1 is 0.949 bits per heavy atom. The third-order valence-electron chi connectivity index (χ3n) is 7.31. The van der Waals surface area contributed by atoms with Gasteiger partial charge in [0, 0.05) is 6.20 Å². The number of ether oxygens (including phenoxy) is 1. The molecule has 202 valence electrons. The van der Waals surface area contributed by atoms with Gasteiger partial charge in [-0.25, -0.2) is 0 Å². The number of imidazole rings is 1. The molecular weight excluding hydrogens is 663 g/mol. The number of hydrogen-bond donors (Lipinski definition) is 0. The van der Waals surface area contributed by atoms with E-state index in [0.29, 0.717) is 21.0 Å². The van der Waals surface area contributed by atoms with Crippen LogP contribution in [-0.4, -0.2) is 20.7 Å². The number of para-hydroxylation sites is 2. The number of aromatic nitrogens is 3. The molecule has 6 heteroatoms. The van der Waals surface area contributed by atoms with Crippen molar-refractivity contribution < 1.29 is 28.2 Å². The molecule has 0 spiro atoms. The summed E-state index contributed by atoms with van der Waals surface area (Å²) >= 11 is 2.09. The monoisotopic (exact) mass is 700 g/mol. The van der Waals surface area contributed by atoms with Gasteiger partial charge in [-0.3, -0.25) is 0 Å². The number of aryl methyl sites for hydroxylation is 1. The average molecular weight is 701 g/mol. The van der Waals surface area contributed by atoms with Crippen LogP contribution in [0, 0.1) is 9.72 Å². The Balaban J connectivity index is 1.37. The molecule has 0 saturated carbocycles. The van der Waals surface area contributed by atoms with Gasteiger partial charge in [-0.1, -0.05) is 27.7 Å². The molecule has 1 unspecified atom stereocenters. The Morgan fingerprint density at radius 2 is 1.74 bits per heavy atom. The molecule has 2 aromatic heterocycles. The van der Waals surface area contributed by atoms with E-state index >= 15 is 0 Å². The average Bonchev–Trinajstić information content (AvgIpc) is 3.24. The summed E-state index contributed by atoms with van der Waals surface area (Å²) in [5, 5.41) is 0. The fourth-order valence-corrected chi connectivity index (χ4v) is 6.16. The SMILES string of the molecule is [2H]C([2H])([2H])n1[c](=[Pt])n(-c2cccc(Oc3ccc4c(c3)N(c3cc(C(C)(C)C)ccn3)CC(C)C4)c2)c2ccccc21. The van der Waals surface area contributed by atoms with Gasteiger partial charge in [0.25, 0.3) is 0 Å². The van der Waals surface area contributed by atoms with E-state index in [-0.39, 0.29) is 5.41 Å². The van der Waals surface area contributed by atoms with Gasteiger partial charge in [0.05, 0.1) is 0 Å². The minimum atomic E-state index is -2.30. The van der Waals surface area contributed by atoms with Gasteiger partial charge in [-0.05, 0) is 17.0 Å². The first-order valence-corrected chi connectivity index (χ1v) is 14.4. The Kier molecular flexibility index (Phi) is 5.71. The van der Waals surface area contributed by atoms with E-state index in [1.165, 1.54) is 15.7 Å². The van der Waals surface area contributed by atoms with Crippen LogP contribution in [0.1, 0.15) is 42.9 Å². The molecule has 1 aliphatic rings. The topological polar surface area (TPSA) is 35.2 Å². The van der Waals surface area contributed by atoms with E-state index in [1.807, 2.05) is 65.4 Å². The second kappa shape index (κ2) is 9.95. The summed E-state index contributed by atoms with van der Waals surface area (Å²) in [6, 6.07) is 25.9. The van der Waals surface area contributed by atoms with Gasteiger partial charge in [-0.2, -0.15) is 0 Å². The van der Waals surface area contributed by atoms with E-state index in [4.69, 9.17) is 13.8 Å². The zero-order valence-electron chi connectivity index (χ0n) is 25.6. The summed E-state index contributed by atoms with van der Waals surface area (Å²) in [6.45, 7) is 7.53. The fraction of sp³-hybridized carbons (Fsp3) is 0.273. The zero-order valence-corrected chi connectivity index (χ0v) is 24.9. The van der Waals surface area contributed by atoms with Crippen molar-refractivity contribution >= 4 is 22.5 Å². The van der Waals surface area contributed by atoms with Crippen molar-refractivity contribution in [2.24, 2.45) is 12.9 Å². The number of benzene rings is 3. The summed E-state index contributed by atoms with van der Waals surface area (Å²) in [6.07, 6.45) is 2.91. The molecule has 0 amide bonds. The molecule has 1 atom stereocenters. The molecule has 0 bridgehead atoms. The first-order valence-electron chi connectivity index (χ1n) is 14.7. The number of pyridine rings is 1. The number of nitrogens with zero attached hydrogens (tertiary/aromatic N) is 4. The van der Waals surface area contributed by atoms with Crippen LogP contribution < -0.4 is 9.64 Å². The Labute approximate surface area is 245 Å². The quantitative estimate of drug-likeness (QED) is 0.192. The van der Waals surface area contributed by atoms with Gasteiger partial charge in [0.2, 0.25) is 0 Å². The van der Waals surface area contributed by atoms with Crippen LogP contribution in [0.4, 0.5) is 11.5 Å². The van der Waals surface area contributed by atoms with Crippen LogP contribution in [0.2, 0.25) is 0 Å². The number of fused-ring (bicyclic) bond motifs is 2. The summed E-state index contributed by atoms with van der Waals surface area (Å²) in [4.78, 5) is 7.07. The van der Waals surface area contributed by atoms with Crippen molar-refractivity contribution in [3.8, 4) is 17.2 Å². The molecule has 39 heavy (non-hydrogen) atoms. The first-order chi connectivity index (χ1) is 19.9. The van der Waals surface area contributed by atoms with Gasteiger partial charge < -0.3 is 0 Å². The van der Waals surface area contributed by atoms with E-state index in [0.717, 1.165) is 41.4 Å². The van der Waals surface area contributed by atoms with Crippen LogP contribution in [0.5, 0.6) is 11.5 Å². The van der Waals surface area contributed by atoms with Crippen molar-refractivity contribution in [3.63, 3.8) is 0 Å². The van der Waals surface area contributed by atoms with Gasteiger partial charge >= 0.3 is 195 Å². The van der Waals surface area contributed by atoms with Crippen molar-refractivity contribution in [2.45, 2.75) is 39.5 Å². The minimum absolute atomic E-state index is 0.0313. The van der Waals surface area contributed by atoms with Crippen LogP contribution in [0.25, 0.3) is 16.7 Å². The maximum absolute atomic E-state index is 8.12. The molecule has 0 N–H and O–H groups in total. The summed E-state index contributed by atoms with van der Waals surface area (Å²) < 4.78 is 34.7. The van der Waals surface area contributed by atoms with E-state index in [9.17, 15) is 0 Å². The molecule has 5 aromatic rings. The maximum atomic E-state index is 8.12. The van der Waals surface area contributed by atoms with Crippen LogP contribution >= 0.6 is 0 Å². The number of hydrogen-bond acceptors (Lipinski definition) is 3. The van der Waals surface area contributed by atoms with Crippen LogP contribution in [0.15, 0.2) is 85.1 Å². The number of rotatable bonds is 4. The predicted octanol–water partition coefficient (Wildman–Crippen LogP) is 7.86. The number of anilines is 2. The zero-order chi connectivity index (χ0) is 29.8. The molecule has 0 saturated heterocycles. The van der Waals surface area contributed by atoms with Crippen molar-refractivity contribution in [3.05, 3.63) is 100.0 Å². The van der Waals surface area contributed by atoms with Gasteiger partial charge in [0.1, 0.15) is 0 Å². The summed E-state index contributed by atoms with van der Waals surface area (Å²) in [5.41, 5.74) is 5.98. The molecule has 0 aliphatic carbocycles. The predicted molar refractivity (Wildman–Crippen MR) is 155 cm³/mol. The molecular formula is C33H34N4OPt. The van der Waals surface area contributed by atoms with Gasteiger partial charge in [0.15, 0.2) is 0 Å². The standard InChI is InChI=1S/C33H34N4O.Pt/c1-23-17-24-13-14-28(20-31(24)36(21-23)32-18-25(15-16-34-32)33(2,3)4)38-27-10-8-9-26(19-27)37-22-35(5)29-11-6-7-12-30(29)37;/h6-16,18-20,23H,17,21H2,1-5H3;/i5D3;. The third-order valence-corrected chi connectivity index (χ3v) is 8.33. The van der Waals surface area contributed by atoms with E-state index < -0.39 is 6.98 Å². The van der Waals surface area contributed by atoms with Crippen LogP contribution in [0.3, 0.4) is 0 Å². The second-order valence-electron chi connectivity index (χ2n) is 11.4. The van der Waals surface area contributed by atoms with Crippen molar-refractivity contribution in [2.75, 3.05) is 11.4 Å². The Morgan fingerprint density at radius 3 is 2.54 bits per heavy atom. The Hall–Kier alpha value is -3.43. The fourth-order valence-electron chi connectivity index (χ4n) is 5.32. The third kappa shape index (κ3) is 4.89. The van der Waals surface area contributed by atoms with E-state index in [1.54, 1.807) is 0 Å². The molecule has 0 fully saturated rings. The molecule has 6 rings (SSSR count). The first kappa shape index (κ1) is 22.4. The Bertz CT molecular complexity index is 1850. The summed E-state index contributed by atoms with van der Waals surface area (Å²) in [7, 11) is 0. The molecule has 1 aliphatic heterocycles. The van der Waals surface area contributed by atoms with Crippen molar-refractivity contribution in [1.82, 2.24) is 14.1 Å². The molecule has 0 radical (unpaired) electrons. The second-order valence-corrected chi connectivity index (χ2v) is 12.4. The molecule has 3 aromatic carbocycles. The van der Waals surface area contributed by atoms with Crippen LogP contribution in [-0.2, 0) is 38.2 Å². The summed E-state index contributed by atoms with van der Waals surface area (Å²) in [5.74, 6) is 2.86. The van der Waals surface area contributed by atoms with Gasteiger partial charge in [-0.15, -0.1) is 0 Å². The normalized spacial score (nSPS) is 16.9. The van der Waals surface area contributed by atoms with E-state index in [2.05, 4.69) is 76.2 Å². The molecule has 5 nitrogen and oxygen atoms in total. The van der Waals surface area contributed by atoms with Crippen molar-refractivity contribution in [1.29, 1.82) is 0 Å². The molecule has 3 heterocycles.